The minimum Gasteiger partial charge on any atom is -0.487 e. The summed E-state index contributed by atoms with van der Waals surface area (Å²) in [7, 11) is 0. The summed E-state index contributed by atoms with van der Waals surface area (Å²) in [4.78, 5) is 0. The highest BCUT2D eigenvalue weighted by Crippen LogP contribution is 2.25. The normalized spacial score (nSPS) is 10.9. The number of nitrogens with zero attached hydrogens (tertiary/aromatic N) is 2. The Morgan fingerprint density at radius 2 is 2.17 bits per heavy atom. The van der Waals surface area contributed by atoms with Crippen molar-refractivity contribution in [3.05, 3.63) is 35.0 Å². The predicted molar refractivity (Wildman–Crippen MR) is 73.9 cm³/mol. The molecule has 5 heteroatoms. The third-order valence-electron chi connectivity index (χ3n) is 2.83. The molecule has 0 radical (unpaired) electrons. The summed E-state index contributed by atoms with van der Waals surface area (Å²) in [5.74, 6) is 1.37. The smallest absolute Gasteiger partial charge is 0.136 e. The number of hydrogen-bond donors (Lipinski definition) is 1. The number of aryl methyl sites for hydroxylation is 1. The summed E-state index contributed by atoms with van der Waals surface area (Å²) >= 11 is 1.19. The molecule has 0 unspecified atom stereocenters. The van der Waals surface area contributed by atoms with Gasteiger partial charge in [0.2, 0.25) is 0 Å². The second-order valence-corrected chi connectivity index (χ2v) is 5.34. The highest BCUT2D eigenvalue weighted by Gasteiger charge is 2.08. The monoisotopic (exact) mass is 263 g/mol. The Balaban J connectivity index is 2.13. The fraction of sp³-hybridized carbons (Fsp3) is 0.385. The van der Waals surface area contributed by atoms with Crippen molar-refractivity contribution in [1.82, 2.24) is 9.59 Å². The number of nitrogen functional groups attached to an aromatic ring is 1. The second-order valence-electron chi connectivity index (χ2n) is 4.55. The van der Waals surface area contributed by atoms with Gasteiger partial charge in [0.25, 0.3) is 0 Å². The van der Waals surface area contributed by atoms with Crippen LogP contribution in [-0.4, -0.2) is 9.59 Å². The zero-order valence-corrected chi connectivity index (χ0v) is 11.6. The van der Waals surface area contributed by atoms with Crippen LogP contribution in [0.1, 0.15) is 36.6 Å². The first kappa shape index (κ1) is 12.8. The lowest BCUT2D eigenvalue weighted by Crippen LogP contribution is -2.01. The molecule has 96 valence electrons. The number of aromatic nitrogens is 2. The number of anilines is 1. The van der Waals surface area contributed by atoms with Crippen LogP contribution in [0.25, 0.3) is 0 Å². The van der Waals surface area contributed by atoms with Gasteiger partial charge in [-0.1, -0.05) is 30.5 Å². The molecule has 0 atom stereocenters. The Morgan fingerprint density at radius 1 is 1.39 bits per heavy atom. The van der Waals surface area contributed by atoms with Crippen LogP contribution in [0.3, 0.4) is 0 Å². The van der Waals surface area contributed by atoms with E-state index >= 15 is 0 Å². The predicted octanol–water partition coefficient (Wildman–Crippen LogP) is 3.13. The molecule has 0 saturated carbocycles. The molecule has 0 saturated heterocycles. The van der Waals surface area contributed by atoms with Crippen molar-refractivity contribution >= 4 is 16.5 Å². The first-order chi connectivity index (χ1) is 8.58. The molecule has 0 aliphatic heterocycles. The minimum atomic E-state index is 0.366. The quantitative estimate of drug-likeness (QED) is 0.920. The van der Waals surface area contributed by atoms with E-state index in [1.54, 1.807) is 0 Å². The lowest BCUT2D eigenvalue weighted by molar-refractivity contribution is 0.299. The van der Waals surface area contributed by atoms with Crippen LogP contribution >= 0.6 is 11.5 Å². The van der Waals surface area contributed by atoms with Gasteiger partial charge in [-0.3, -0.25) is 0 Å². The lowest BCUT2D eigenvalue weighted by atomic mass is 10.0. The van der Waals surface area contributed by atoms with Gasteiger partial charge in [-0.25, -0.2) is 0 Å². The molecular weight excluding hydrogens is 246 g/mol. The van der Waals surface area contributed by atoms with Gasteiger partial charge in [0.05, 0.1) is 0 Å². The van der Waals surface area contributed by atoms with Gasteiger partial charge in [-0.2, -0.15) is 0 Å². The molecule has 0 spiro atoms. The molecule has 0 fully saturated rings. The average molecular weight is 263 g/mol. The lowest BCUT2D eigenvalue weighted by Gasteiger charge is -2.12. The third kappa shape index (κ3) is 2.79. The highest BCUT2D eigenvalue weighted by molar-refractivity contribution is 7.09. The van der Waals surface area contributed by atoms with Gasteiger partial charge in [0.1, 0.15) is 23.1 Å². The maximum absolute atomic E-state index is 5.78. The molecule has 2 aromatic rings. The van der Waals surface area contributed by atoms with E-state index in [1.807, 2.05) is 6.92 Å². The first-order valence-electron chi connectivity index (χ1n) is 5.88. The number of ether oxygens (including phenoxy) is 1. The van der Waals surface area contributed by atoms with Crippen LogP contribution in [0.2, 0.25) is 0 Å². The Kier molecular flexibility index (Phi) is 3.81. The maximum Gasteiger partial charge on any atom is 0.136 e. The average Bonchev–Trinajstić information content (AvgIpc) is 2.73. The molecule has 2 rings (SSSR count). The van der Waals surface area contributed by atoms with Gasteiger partial charge < -0.3 is 10.5 Å². The molecule has 4 nitrogen and oxygen atoms in total. The fourth-order valence-electron chi connectivity index (χ4n) is 1.59. The molecule has 0 aliphatic carbocycles. The van der Waals surface area contributed by atoms with Crippen LogP contribution < -0.4 is 10.5 Å². The van der Waals surface area contributed by atoms with Crippen molar-refractivity contribution in [3.63, 3.8) is 0 Å². The maximum atomic E-state index is 5.78. The minimum absolute atomic E-state index is 0.366. The van der Waals surface area contributed by atoms with Crippen molar-refractivity contribution in [3.8, 4) is 5.75 Å². The third-order valence-corrected chi connectivity index (χ3v) is 3.42. The summed E-state index contributed by atoms with van der Waals surface area (Å²) in [5.41, 5.74) is 8.81. The molecule has 0 aliphatic rings. The standard InChI is InChI=1S/C13H17N3OS/c1-8(2)10-5-4-9(3)12(6-10)17-7-11-13(14)18-16-15-11/h4-6,8H,7,14H2,1-3H3. The van der Waals surface area contributed by atoms with Crippen LogP contribution in [0, 0.1) is 6.92 Å². The van der Waals surface area contributed by atoms with Gasteiger partial charge in [-0.05, 0) is 30.0 Å². The summed E-state index contributed by atoms with van der Waals surface area (Å²) in [6.45, 7) is 6.72. The van der Waals surface area contributed by atoms with Gasteiger partial charge in [0.15, 0.2) is 0 Å². The molecule has 2 N–H and O–H groups in total. The van der Waals surface area contributed by atoms with Gasteiger partial charge in [0, 0.05) is 11.5 Å². The van der Waals surface area contributed by atoms with Crippen molar-refractivity contribution in [2.24, 2.45) is 0 Å². The highest BCUT2D eigenvalue weighted by atomic mass is 32.1. The van der Waals surface area contributed by atoms with Crippen molar-refractivity contribution in [2.75, 3.05) is 5.73 Å². The van der Waals surface area contributed by atoms with Crippen LogP contribution in [0.15, 0.2) is 18.2 Å². The summed E-state index contributed by atoms with van der Waals surface area (Å²) < 4.78 is 9.57. The second kappa shape index (κ2) is 5.35. The zero-order chi connectivity index (χ0) is 13.1. The van der Waals surface area contributed by atoms with Crippen molar-refractivity contribution in [1.29, 1.82) is 0 Å². The van der Waals surface area contributed by atoms with Crippen LogP contribution in [-0.2, 0) is 6.61 Å². The van der Waals surface area contributed by atoms with E-state index in [0.717, 1.165) is 11.3 Å². The molecular formula is C13H17N3OS. The van der Waals surface area contributed by atoms with Crippen molar-refractivity contribution < 1.29 is 4.74 Å². The largest absolute Gasteiger partial charge is 0.487 e. The molecule has 1 heterocycles. The summed E-state index contributed by atoms with van der Waals surface area (Å²) in [6.07, 6.45) is 0. The number of benzene rings is 1. The number of hydrogen-bond acceptors (Lipinski definition) is 5. The Hall–Kier alpha value is -1.62. The fourth-order valence-corrected chi connectivity index (χ4v) is 2.03. The molecule has 1 aromatic heterocycles. The van der Waals surface area contributed by atoms with Crippen LogP contribution in [0.4, 0.5) is 5.00 Å². The Bertz CT molecular complexity index is 537. The summed E-state index contributed by atoms with van der Waals surface area (Å²) in [6, 6.07) is 6.29. The van der Waals surface area contributed by atoms with E-state index in [1.165, 1.54) is 17.1 Å². The van der Waals surface area contributed by atoms with E-state index in [9.17, 15) is 0 Å². The topological polar surface area (TPSA) is 61.0 Å². The molecule has 0 amide bonds. The van der Waals surface area contributed by atoms with E-state index in [4.69, 9.17) is 10.5 Å². The molecule has 1 aromatic carbocycles. The van der Waals surface area contributed by atoms with Crippen LogP contribution in [0.5, 0.6) is 5.75 Å². The summed E-state index contributed by atoms with van der Waals surface area (Å²) in [5, 5.41) is 4.55. The SMILES string of the molecule is Cc1ccc(C(C)C)cc1OCc1nnsc1N. The Morgan fingerprint density at radius 3 is 2.78 bits per heavy atom. The van der Waals surface area contributed by atoms with Gasteiger partial charge in [-0.15, -0.1) is 5.10 Å². The Labute approximate surface area is 111 Å². The van der Waals surface area contributed by atoms with E-state index in [0.29, 0.717) is 23.2 Å². The zero-order valence-electron chi connectivity index (χ0n) is 10.8. The van der Waals surface area contributed by atoms with Gasteiger partial charge >= 0.3 is 0 Å². The first-order valence-corrected chi connectivity index (χ1v) is 6.65. The van der Waals surface area contributed by atoms with E-state index in [-0.39, 0.29) is 0 Å². The number of rotatable bonds is 4. The molecule has 18 heavy (non-hydrogen) atoms. The number of nitrogens with two attached hydrogens (primary N) is 1. The van der Waals surface area contributed by atoms with E-state index in [2.05, 4.69) is 41.6 Å². The van der Waals surface area contributed by atoms with E-state index < -0.39 is 0 Å². The van der Waals surface area contributed by atoms with Crippen molar-refractivity contribution in [2.45, 2.75) is 33.3 Å². The molecule has 0 bridgehead atoms.